The molecule has 1 aliphatic heterocycles. The van der Waals surface area contributed by atoms with E-state index < -0.39 is 10.0 Å². The fraction of sp³-hybridized carbons (Fsp3) is 0.381. The maximum atomic E-state index is 12.9. The normalized spacial score (nSPS) is 17.9. The lowest BCUT2D eigenvalue weighted by molar-refractivity contribution is 0.0227. The number of anilines is 1. The number of carbonyl (C=O) groups excluding carboxylic acids is 1. The van der Waals surface area contributed by atoms with E-state index in [1.165, 1.54) is 6.07 Å². The molecule has 2 N–H and O–H groups in total. The predicted molar refractivity (Wildman–Crippen MR) is 110 cm³/mol. The Morgan fingerprint density at radius 2 is 1.86 bits per heavy atom. The van der Waals surface area contributed by atoms with Gasteiger partial charge in [0.25, 0.3) is 5.91 Å². The summed E-state index contributed by atoms with van der Waals surface area (Å²) in [7, 11) is -3.41. The van der Waals surface area contributed by atoms with E-state index in [0.717, 1.165) is 30.4 Å². The average molecular weight is 403 g/mol. The zero-order valence-corrected chi connectivity index (χ0v) is 17.2. The van der Waals surface area contributed by atoms with Gasteiger partial charge < -0.3 is 10.1 Å². The maximum Gasteiger partial charge on any atom is 0.251 e. The molecule has 0 radical (unpaired) electrons. The van der Waals surface area contributed by atoms with Gasteiger partial charge in [0.15, 0.2) is 0 Å². The van der Waals surface area contributed by atoms with Gasteiger partial charge in [-0.25, -0.2) is 8.42 Å². The van der Waals surface area contributed by atoms with E-state index in [9.17, 15) is 13.2 Å². The number of hydrogen-bond donors (Lipinski definition) is 2. The lowest BCUT2D eigenvalue weighted by Gasteiger charge is -2.41. The van der Waals surface area contributed by atoms with Gasteiger partial charge in [-0.05, 0) is 37.1 Å². The lowest BCUT2D eigenvalue weighted by Crippen LogP contribution is -2.44. The van der Waals surface area contributed by atoms with Crippen LogP contribution in [0.25, 0.3) is 0 Å². The third-order valence-corrected chi connectivity index (χ3v) is 5.83. The smallest absolute Gasteiger partial charge is 0.251 e. The molecule has 3 rings (SSSR count). The fourth-order valence-electron chi connectivity index (χ4n) is 3.61. The van der Waals surface area contributed by atoms with Gasteiger partial charge in [-0.15, -0.1) is 0 Å². The van der Waals surface area contributed by atoms with E-state index >= 15 is 0 Å². The van der Waals surface area contributed by atoms with Gasteiger partial charge in [-0.2, -0.15) is 0 Å². The van der Waals surface area contributed by atoms with Crippen LogP contribution in [-0.4, -0.2) is 26.2 Å². The van der Waals surface area contributed by atoms with Crippen LogP contribution in [0.4, 0.5) is 5.69 Å². The summed E-state index contributed by atoms with van der Waals surface area (Å²) in [4.78, 5) is 12.9. The second kappa shape index (κ2) is 7.83. The lowest BCUT2D eigenvalue weighted by atomic mass is 9.83. The molecule has 0 spiro atoms. The van der Waals surface area contributed by atoms with Crippen LogP contribution in [0.15, 0.2) is 48.5 Å². The molecule has 0 bridgehead atoms. The maximum absolute atomic E-state index is 12.9. The minimum Gasteiger partial charge on any atom is -0.487 e. The van der Waals surface area contributed by atoms with Gasteiger partial charge in [-0.3, -0.25) is 9.52 Å². The molecule has 150 valence electrons. The summed E-state index contributed by atoms with van der Waals surface area (Å²) in [5.41, 5.74) is 1.40. The molecule has 0 saturated carbocycles. The number of para-hydroxylation sites is 1. The third kappa shape index (κ3) is 4.47. The number of carbonyl (C=O) groups is 1. The number of amides is 1. The summed E-state index contributed by atoms with van der Waals surface area (Å²) in [6.45, 7) is 4.19. The van der Waals surface area contributed by atoms with Crippen molar-refractivity contribution in [1.29, 1.82) is 0 Å². The molecule has 0 aromatic heterocycles. The number of benzene rings is 2. The average Bonchev–Trinajstić information content (AvgIpc) is 2.66. The molecule has 2 aromatic carbocycles. The summed E-state index contributed by atoms with van der Waals surface area (Å²) in [5, 5.41) is 3.11. The number of rotatable bonds is 6. The molecular weight excluding hydrogens is 376 g/mol. The predicted octanol–water partition coefficient (Wildman–Crippen LogP) is 3.87. The summed E-state index contributed by atoms with van der Waals surface area (Å²) in [6.07, 6.45) is 3.45. The molecule has 2 aromatic rings. The summed E-state index contributed by atoms with van der Waals surface area (Å²) in [6, 6.07) is 14.1. The van der Waals surface area contributed by atoms with Gasteiger partial charge in [0.05, 0.1) is 12.3 Å². The molecule has 0 saturated heterocycles. The molecule has 28 heavy (non-hydrogen) atoms. The second-order valence-corrected chi connectivity index (χ2v) is 8.96. The molecular formula is C21H26N2O4S. The topological polar surface area (TPSA) is 84.5 Å². The Balaban J connectivity index is 1.86. The molecule has 7 heteroatoms. The first kappa shape index (κ1) is 20.2. The summed E-state index contributed by atoms with van der Waals surface area (Å²) in [5.74, 6) is 0.551. The van der Waals surface area contributed by atoms with E-state index in [2.05, 4.69) is 23.9 Å². The Morgan fingerprint density at radius 1 is 1.14 bits per heavy atom. The highest BCUT2D eigenvalue weighted by molar-refractivity contribution is 7.92. The number of fused-ring (bicyclic) bond motifs is 1. The first-order valence-electron chi connectivity index (χ1n) is 9.42. The molecule has 0 aliphatic carbocycles. The van der Waals surface area contributed by atoms with Crippen molar-refractivity contribution in [3.63, 3.8) is 0 Å². The van der Waals surface area contributed by atoms with Crippen molar-refractivity contribution in [3.8, 4) is 5.75 Å². The van der Waals surface area contributed by atoms with Crippen LogP contribution in [0.5, 0.6) is 5.75 Å². The van der Waals surface area contributed by atoms with Crippen molar-refractivity contribution in [1.82, 2.24) is 5.32 Å². The third-order valence-electron chi connectivity index (χ3n) is 5.22. The fourth-order valence-corrected chi connectivity index (χ4v) is 4.16. The van der Waals surface area contributed by atoms with Crippen LogP contribution in [-0.2, 0) is 10.0 Å². The molecule has 0 fully saturated rings. The van der Waals surface area contributed by atoms with E-state index in [0.29, 0.717) is 17.7 Å². The van der Waals surface area contributed by atoms with Gasteiger partial charge in [0.2, 0.25) is 10.0 Å². The zero-order chi connectivity index (χ0) is 20.4. The van der Waals surface area contributed by atoms with Crippen molar-refractivity contribution in [3.05, 3.63) is 59.7 Å². The monoisotopic (exact) mass is 402 g/mol. The SMILES string of the molecule is CCC1(CC)C[C@@H](NC(=O)c2cccc(NS(C)(=O)=O)c2)c2ccccc2O1. The van der Waals surface area contributed by atoms with Crippen LogP contribution >= 0.6 is 0 Å². The Bertz CT molecular complexity index is 968. The minimum absolute atomic E-state index is 0.177. The van der Waals surface area contributed by atoms with Gasteiger partial charge in [0.1, 0.15) is 11.4 Å². The Morgan fingerprint density at radius 3 is 2.54 bits per heavy atom. The molecule has 1 heterocycles. The van der Waals surface area contributed by atoms with Gasteiger partial charge >= 0.3 is 0 Å². The van der Waals surface area contributed by atoms with Crippen LogP contribution < -0.4 is 14.8 Å². The zero-order valence-electron chi connectivity index (χ0n) is 16.4. The first-order chi connectivity index (χ1) is 13.3. The van der Waals surface area contributed by atoms with Crippen molar-refractivity contribution >= 4 is 21.6 Å². The highest BCUT2D eigenvalue weighted by atomic mass is 32.2. The van der Waals surface area contributed by atoms with Crippen LogP contribution in [0.2, 0.25) is 0 Å². The molecule has 6 nitrogen and oxygen atoms in total. The van der Waals surface area contributed by atoms with Crippen molar-refractivity contribution in [2.24, 2.45) is 0 Å². The van der Waals surface area contributed by atoms with E-state index in [-0.39, 0.29) is 17.6 Å². The standard InChI is InChI=1S/C21H26N2O4S/c1-4-21(5-2)14-18(17-11-6-7-12-19(17)27-21)22-20(24)15-9-8-10-16(13-15)23-28(3,25)26/h6-13,18,23H,4-5,14H2,1-3H3,(H,22,24)/t18-/m1/s1. The van der Waals surface area contributed by atoms with Crippen LogP contribution in [0, 0.1) is 0 Å². The molecule has 0 unspecified atom stereocenters. The molecule has 1 atom stereocenters. The van der Waals surface area contributed by atoms with E-state index in [4.69, 9.17) is 4.74 Å². The summed E-state index contributed by atoms with van der Waals surface area (Å²) < 4.78 is 31.6. The second-order valence-electron chi connectivity index (χ2n) is 7.22. The number of ether oxygens (including phenoxy) is 1. The van der Waals surface area contributed by atoms with E-state index in [1.54, 1.807) is 18.2 Å². The largest absolute Gasteiger partial charge is 0.487 e. The minimum atomic E-state index is -3.41. The molecule has 1 aliphatic rings. The highest BCUT2D eigenvalue weighted by Gasteiger charge is 2.39. The number of nitrogens with one attached hydrogen (secondary N) is 2. The Hall–Kier alpha value is -2.54. The number of sulfonamides is 1. The molecule has 1 amide bonds. The van der Waals surface area contributed by atoms with Crippen molar-refractivity contribution < 1.29 is 17.9 Å². The Labute approximate surface area is 166 Å². The van der Waals surface area contributed by atoms with Crippen LogP contribution in [0.1, 0.15) is 55.1 Å². The number of hydrogen-bond acceptors (Lipinski definition) is 4. The van der Waals surface area contributed by atoms with E-state index in [1.807, 2.05) is 24.3 Å². The quantitative estimate of drug-likeness (QED) is 0.768. The highest BCUT2D eigenvalue weighted by Crippen LogP contribution is 2.42. The van der Waals surface area contributed by atoms with Crippen molar-refractivity contribution in [2.75, 3.05) is 11.0 Å². The van der Waals surface area contributed by atoms with Gasteiger partial charge in [-0.1, -0.05) is 38.1 Å². The Kier molecular flexibility index (Phi) is 5.65. The van der Waals surface area contributed by atoms with Crippen LogP contribution in [0.3, 0.4) is 0 Å². The van der Waals surface area contributed by atoms with Gasteiger partial charge in [0, 0.05) is 23.2 Å². The summed E-state index contributed by atoms with van der Waals surface area (Å²) >= 11 is 0. The first-order valence-corrected chi connectivity index (χ1v) is 11.3. The van der Waals surface area contributed by atoms with Crippen molar-refractivity contribution in [2.45, 2.75) is 44.8 Å².